The molecule has 0 spiro atoms. The Morgan fingerprint density at radius 1 is 0.934 bits per heavy atom. The maximum absolute atomic E-state index is 13.5. The molecular weight excluding hydrogens is 858 g/mol. The number of fused-ring (bicyclic) bond motifs is 7. The van der Waals surface area contributed by atoms with E-state index in [1.807, 2.05) is 12.1 Å². The summed E-state index contributed by atoms with van der Waals surface area (Å²) in [7, 11) is 1.30. The molecule has 4 heterocycles. The van der Waals surface area contributed by atoms with Crippen LogP contribution in [0.4, 0.5) is 5.69 Å². The molecule has 1 aliphatic carbocycles. The van der Waals surface area contributed by atoms with Crippen LogP contribution >= 0.6 is 11.6 Å². The Morgan fingerprint density at radius 2 is 1.66 bits per heavy atom. The van der Waals surface area contributed by atoms with Gasteiger partial charge in [-0.1, -0.05) is 11.6 Å². The number of methoxy groups -OCH3 is 6. The fourth-order valence-electron chi connectivity index (χ4n) is 9.18. The lowest BCUT2D eigenvalue weighted by atomic mass is 9.63. The first-order chi connectivity index (χ1) is 29.1. The van der Waals surface area contributed by atoms with Crippen LogP contribution in [0.5, 0.6) is 23.0 Å². The molecule has 3 aromatic carbocycles. The van der Waals surface area contributed by atoms with Crippen molar-refractivity contribution in [3.05, 3.63) is 64.3 Å². The van der Waals surface area contributed by atoms with Crippen LogP contribution in [-0.4, -0.2) is 113 Å². The van der Waals surface area contributed by atoms with E-state index in [-0.39, 0.29) is 51.7 Å². The number of ether oxygens (including phenoxy) is 7. The minimum atomic E-state index is -4.07. The number of aromatic nitrogens is 1. The summed E-state index contributed by atoms with van der Waals surface area (Å²) in [5.41, 5.74) is 4.06. The molecule has 5 N–H and O–H groups in total. The highest BCUT2D eigenvalue weighted by Crippen LogP contribution is 2.51. The Balaban J connectivity index is 0.000000276. The molecule has 2 fully saturated rings. The number of aromatic amines is 1. The highest BCUT2D eigenvalue weighted by molar-refractivity contribution is 7.90. The van der Waals surface area contributed by atoms with Crippen molar-refractivity contribution >= 4 is 60.2 Å². The summed E-state index contributed by atoms with van der Waals surface area (Å²) in [5.74, 6) is 0.441. The number of primary sulfonamides is 1. The third-order valence-corrected chi connectivity index (χ3v) is 14.7. The van der Waals surface area contributed by atoms with Gasteiger partial charge in [-0.25, -0.2) is 26.8 Å². The number of carbonyl (C=O) groups is 2. The van der Waals surface area contributed by atoms with E-state index >= 15 is 0 Å². The lowest BCUT2D eigenvalue weighted by molar-refractivity contribution is -0.176. The number of nitrogens with zero attached hydrogens (tertiary/aromatic N) is 1. The number of piperidine rings is 1. The van der Waals surface area contributed by atoms with Crippen molar-refractivity contribution in [1.82, 2.24) is 14.6 Å². The van der Waals surface area contributed by atoms with Crippen molar-refractivity contribution in [2.24, 2.45) is 22.9 Å². The normalized spacial score (nSPS) is 23.9. The molecule has 0 unspecified atom stereocenters. The molecule has 0 bridgehead atoms. The monoisotopic (exact) mass is 905 g/mol. The zero-order valence-corrected chi connectivity index (χ0v) is 36.7. The summed E-state index contributed by atoms with van der Waals surface area (Å²) in [6, 6.07) is 11.5. The molecule has 0 radical (unpaired) electrons. The molecule has 61 heavy (non-hydrogen) atoms. The van der Waals surface area contributed by atoms with E-state index in [2.05, 4.69) is 26.0 Å². The summed E-state index contributed by atoms with van der Waals surface area (Å²) in [4.78, 5) is 32.5. The molecule has 18 nitrogen and oxygen atoms in total. The van der Waals surface area contributed by atoms with Gasteiger partial charge in [-0.2, -0.15) is 4.72 Å². The summed E-state index contributed by atoms with van der Waals surface area (Å²) in [5, 5.41) is 8.74. The minimum absolute atomic E-state index is 0.0143. The van der Waals surface area contributed by atoms with E-state index in [0.29, 0.717) is 23.7 Å². The first kappa shape index (κ1) is 44.2. The molecule has 1 saturated heterocycles. The van der Waals surface area contributed by atoms with Gasteiger partial charge in [0.15, 0.2) is 11.5 Å². The Hall–Kier alpha value is -4.83. The van der Waals surface area contributed by atoms with Gasteiger partial charge in [0.2, 0.25) is 25.8 Å². The maximum Gasteiger partial charge on any atom is 0.338 e. The van der Waals surface area contributed by atoms with Crippen molar-refractivity contribution < 1.29 is 59.6 Å². The topological polar surface area (TPSA) is 236 Å². The van der Waals surface area contributed by atoms with E-state index < -0.39 is 49.0 Å². The minimum Gasteiger partial charge on any atom is -0.497 e. The van der Waals surface area contributed by atoms with Gasteiger partial charge in [0, 0.05) is 42.9 Å². The predicted octanol–water partition coefficient (Wildman–Crippen LogP) is 3.82. The van der Waals surface area contributed by atoms with Crippen LogP contribution in [0.1, 0.15) is 40.5 Å². The molecule has 3 aliphatic heterocycles. The first-order valence-corrected chi connectivity index (χ1v) is 22.6. The SMILES string of the molecule is COC(=O)[C@H]1[C@H]2C[C@@H]3c4[nH]c5cc(OC)ccc5c4CCN3C[C@H]2C[C@@H](OC(=O)c2cc(OC)c(OC)c(OC)c2)[C@@H]1OC.NS(=O)(=O)c1cc2c(cc1Cl)NCNS2(=O)=O. The molecule has 4 aromatic rings. The van der Waals surface area contributed by atoms with Crippen LogP contribution in [-0.2, 0) is 45.5 Å². The molecule has 1 saturated carbocycles. The van der Waals surface area contributed by atoms with Crippen LogP contribution < -0.4 is 34.1 Å². The Bertz CT molecular complexity index is 2550. The van der Waals surface area contributed by atoms with Crippen molar-refractivity contribution in [3.8, 4) is 23.0 Å². The van der Waals surface area contributed by atoms with Crippen LogP contribution in [0.2, 0.25) is 5.02 Å². The van der Waals surface area contributed by atoms with Gasteiger partial charge in [-0.3, -0.25) is 9.69 Å². The fourth-order valence-corrected chi connectivity index (χ4v) is 11.5. The molecule has 8 rings (SSSR count). The molecule has 4 aliphatic rings. The summed E-state index contributed by atoms with van der Waals surface area (Å²) in [6.07, 6.45) is 0.920. The Morgan fingerprint density at radius 3 is 2.28 bits per heavy atom. The van der Waals surface area contributed by atoms with Gasteiger partial charge in [0.05, 0.1) is 70.5 Å². The maximum atomic E-state index is 13.5. The Kier molecular flexibility index (Phi) is 12.7. The smallest absolute Gasteiger partial charge is 0.338 e. The van der Waals surface area contributed by atoms with Crippen molar-refractivity contribution in [1.29, 1.82) is 0 Å². The predicted molar refractivity (Wildman–Crippen MR) is 222 cm³/mol. The van der Waals surface area contributed by atoms with E-state index in [1.165, 1.54) is 51.1 Å². The number of carbonyl (C=O) groups excluding carboxylic acids is 2. The number of hydrogen-bond acceptors (Lipinski definition) is 15. The lowest BCUT2D eigenvalue weighted by Crippen LogP contribution is -2.58. The van der Waals surface area contributed by atoms with Crippen LogP contribution in [0.25, 0.3) is 10.9 Å². The van der Waals surface area contributed by atoms with Gasteiger partial charge < -0.3 is 43.5 Å². The highest BCUT2D eigenvalue weighted by Gasteiger charge is 2.54. The third kappa shape index (κ3) is 8.41. The third-order valence-electron chi connectivity index (χ3n) is 11.9. The fraction of sp³-hybridized carbons (Fsp3) is 0.450. The molecule has 6 atom stereocenters. The van der Waals surface area contributed by atoms with Gasteiger partial charge >= 0.3 is 11.9 Å². The zero-order chi connectivity index (χ0) is 44.0. The molecule has 21 heteroatoms. The second-order valence-corrected chi connectivity index (χ2v) is 18.7. The number of halogens is 1. The number of sulfonamides is 2. The summed E-state index contributed by atoms with van der Waals surface area (Å²) >= 11 is 5.72. The standard InChI is InChI=1S/C33H40N2O9.C7H8ClN3O4S2/c1-38-19-7-8-20-21-9-10-35-16-18-13-27(44-32(36)17-11-25(39-2)30(41-4)26(12-17)40-3)31(42-5)28(33(37)43-6)22(18)15-24(35)29(21)34-23(20)14-19;8-4-1-5-7(2-6(4)16(9,12)13)17(14,15)11-3-10-5/h7-8,11-12,14,18,22,24,27-28,31,34H,9-10,13,15-16H2,1-6H3;1-2,10-11H,3H2,(H2,9,12,13)/t18-,22+,24-,27-,28+,31+;/m1./s1. The number of rotatable bonds is 9. The quantitative estimate of drug-likeness (QED) is 0.175. The van der Waals surface area contributed by atoms with E-state index in [9.17, 15) is 26.4 Å². The van der Waals surface area contributed by atoms with E-state index in [1.54, 1.807) is 26.4 Å². The van der Waals surface area contributed by atoms with Crippen molar-refractivity contribution in [2.45, 2.75) is 47.3 Å². The summed E-state index contributed by atoms with van der Waals surface area (Å²) < 4.78 is 87.0. The summed E-state index contributed by atoms with van der Waals surface area (Å²) in [6.45, 7) is 1.70. The van der Waals surface area contributed by atoms with Crippen LogP contribution in [0.3, 0.4) is 0 Å². The first-order valence-electron chi connectivity index (χ1n) is 19.2. The molecule has 0 amide bonds. The second kappa shape index (κ2) is 17.5. The Labute approximate surface area is 358 Å². The number of nitrogens with one attached hydrogen (secondary N) is 3. The van der Waals surface area contributed by atoms with Gasteiger partial charge in [-0.05, 0) is 73.1 Å². The van der Waals surface area contributed by atoms with E-state index in [0.717, 1.165) is 43.3 Å². The zero-order valence-electron chi connectivity index (χ0n) is 34.3. The largest absolute Gasteiger partial charge is 0.497 e. The number of H-pyrrole nitrogens is 1. The van der Waals surface area contributed by atoms with Crippen molar-refractivity contribution in [2.75, 3.05) is 67.7 Å². The number of nitrogens with two attached hydrogens (primary N) is 1. The molecular formula is C40H48ClN5O13S2. The number of benzene rings is 3. The lowest BCUT2D eigenvalue weighted by Gasteiger charge is -2.52. The molecule has 1 aromatic heterocycles. The van der Waals surface area contributed by atoms with Crippen LogP contribution in [0, 0.1) is 17.8 Å². The highest BCUT2D eigenvalue weighted by atomic mass is 35.5. The average molecular weight is 906 g/mol. The number of anilines is 1. The van der Waals surface area contributed by atoms with Gasteiger partial charge in [0.1, 0.15) is 27.7 Å². The second-order valence-electron chi connectivity index (χ2n) is 15.0. The number of hydrogen-bond donors (Lipinski definition) is 4. The van der Waals surface area contributed by atoms with Gasteiger partial charge in [-0.15, -0.1) is 0 Å². The molecule has 330 valence electrons. The average Bonchev–Trinajstić information content (AvgIpc) is 3.62. The number of esters is 2. The van der Waals surface area contributed by atoms with Crippen LogP contribution in [0.15, 0.2) is 52.3 Å². The van der Waals surface area contributed by atoms with Gasteiger partial charge in [0.25, 0.3) is 0 Å². The van der Waals surface area contributed by atoms with E-state index in [4.69, 9.17) is 49.9 Å². The van der Waals surface area contributed by atoms with Crippen molar-refractivity contribution in [3.63, 3.8) is 0 Å².